The largest absolute Gasteiger partial charge is 0.346 e. The number of nitrogens with one attached hydrogen (secondary N) is 1. The van der Waals surface area contributed by atoms with Crippen LogP contribution in [0.4, 0.5) is 0 Å². The lowest BCUT2D eigenvalue weighted by Crippen LogP contribution is -2.38. The Labute approximate surface area is 177 Å². The summed E-state index contributed by atoms with van der Waals surface area (Å²) in [6.45, 7) is 4.48. The fourth-order valence-corrected chi connectivity index (χ4v) is 5.84. The maximum absolute atomic E-state index is 13.0. The Morgan fingerprint density at radius 2 is 2.00 bits per heavy atom. The van der Waals surface area contributed by atoms with Gasteiger partial charge in [0.05, 0.1) is 22.1 Å². The van der Waals surface area contributed by atoms with E-state index in [0.717, 1.165) is 42.8 Å². The minimum absolute atomic E-state index is 0.0334. The zero-order valence-electron chi connectivity index (χ0n) is 17.2. The molecule has 1 saturated carbocycles. The second kappa shape index (κ2) is 9.36. The predicted octanol–water partition coefficient (Wildman–Crippen LogP) is 4.15. The van der Waals surface area contributed by atoms with Crippen molar-refractivity contribution in [1.82, 2.24) is 14.6 Å². The molecule has 0 aliphatic heterocycles. The van der Waals surface area contributed by atoms with Crippen LogP contribution in [-0.2, 0) is 16.6 Å². The molecule has 0 unspecified atom stereocenters. The topological polar surface area (TPSA) is 79.4 Å². The van der Waals surface area contributed by atoms with Crippen molar-refractivity contribution in [2.24, 2.45) is 0 Å². The molecule has 8 heteroatoms. The van der Waals surface area contributed by atoms with Gasteiger partial charge in [0.15, 0.2) is 0 Å². The Bertz CT molecular complexity index is 948. The Morgan fingerprint density at radius 1 is 1.28 bits per heavy atom. The van der Waals surface area contributed by atoms with Gasteiger partial charge in [0.1, 0.15) is 0 Å². The van der Waals surface area contributed by atoms with Crippen molar-refractivity contribution in [3.05, 3.63) is 45.9 Å². The van der Waals surface area contributed by atoms with Crippen LogP contribution in [0.3, 0.4) is 0 Å². The van der Waals surface area contributed by atoms with E-state index in [4.69, 9.17) is 0 Å². The molecule has 3 rings (SSSR count). The predicted molar refractivity (Wildman–Crippen MR) is 116 cm³/mol. The summed E-state index contributed by atoms with van der Waals surface area (Å²) in [5.74, 6) is 0.0500. The van der Waals surface area contributed by atoms with Gasteiger partial charge in [0.25, 0.3) is 5.91 Å². The number of rotatable bonds is 7. The van der Waals surface area contributed by atoms with Gasteiger partial charge >= 0.3 is 0 Å². The van der Waals surface area contributed by atoms with E-state index in [-0.39, 0.29) is 16.8 Å². The molecule has 158 valence electrons. The van der Waals surface area contributed by atoms with Gasteiger partial charge in [0.2, 0.25) is 10.0 Å². The number of benzene rings is 1. The van der Waals surface area contributed by atoms with E-state index in [1.165, 1.54) is 10.4 Å². The molecule has 0 radical (unpaired) electrons. The number of hydrogen-bond acceptors (Lipinski definition) is 5. The van der Waals surface area contributed by atoms with Crippen LogP contribution in [-0.4, -0.2) is 36.7 Å². The van der Waals surface area contributed by atoms with Crippen molar-refractivity contribution in [2.45, 2.75) is 69.4 Å². The van der Waals surface area contributed by atoms with Gasteiger partial charge in [-0.05, 0) is 31.0 Å². The number of carbonyl (C=O) groups is 1. The van der Waals surface area contributed by atoms with Gasteiger partial charge in [-0.15, -0.1) is 11.3 Å². The minimum atomic E-state index is -3.63. The average Bonchev–Trinajstić information content (AvgIpc) is 3.21. The van der Waals surface area contributed by atoms with Gasteiger partial charge < -0.3 is 5.32 Å². The lowest BCUT2D eigenvalue weighted by Gasteiger charge is -2.30. The molecule has 1 aromatic carbocycles. The third kappa shape index (κ3) is 5.24. The summed E-state index contributed by atoms with van der Waals surface area (Å²) in [4.78, 5) is 17.2. The lowest BCUT2D eigenvalue weighted by molar-refractivity contribution is 0.0950. The quantitative estimate of drug-likeness (QED) is 0.709. The van der Waals surface area contributed by atoms with Crippen LogP contribution in [0.5, 0.6) is 0 Å². The van der Waals surface area contributed by atoms with Crippen LogP contribution in [0.25, 0.3) is 0 Å². The van der Waals surface area contributed by atoms with Gasteiger partial charge in [-0.3, -0.25) is 4.79 Å². The van der Waals surface area contributed by atoms with Crippen LogP contribution >= 0.6 is 11.3 Å². The Kier molecular flexibility index (Phi) is 7.08. The Hall–Kier alpha value is -1.77. The highest BCUT2D eigenvalue weighted by Crippen LogP contribution is 2.27. The number of amides is 1. The summed E-state index contributed by atoms with van der Waals surface area (Å²) in [6.07, 6.45) is 5.06. The van der Waals surface area contributed by atoms with Gasteiger partial charge in [-0.2, -0.15) is 4.31 Å². The normalized spacial score (nSPS) is 15.8. The SMILES string of the molecule is CC(C)c1nc(CNC(=O)c2cccc(S(=O)(=O)N(C)C3CCCCC3)c2)cs1. The van der Waals surface area contributed by atoms with Crippen LogP contribution in [0.15, 0.2) is 34.5 Å². The first kappa shape index (κ1) is 21.9. The number of aromatic nitrogens is 1. The maximum atomic E-state index is 13.0. The molecule has 1 aromatic heterocycles. The molecule has 0 bridgehead atoms. The molecule has 0 spiro atoms. The molecular formula is C21H29N3O3S2. The standard InChI is InChI=1S/C21H29N3O3S2/c1-15(2)21-23-17(14-28-21)13-22-20(25)16-8-7-11-19(12-16)29(26,27)24(3)18-9-5-4-6-10-18/h7-8,11-12,14-15,18H,4-6,9-10,13H2,1-3H3,(H,22,25). The summed E-state index contributed by atoms with van der Waals surface area (Å²) in [5.41, 5.74) is 1.15. The molecule has 1 heterocycles. The van der Waals surface area contributed by atoms with Crippen molar-refractivity contribution < 1.29 is 13.2 Å². The monoisotopic (exact) mass is 435 g/mol. The fraction of sp³-hybridized carbons (Fsp3) is 0.524. The van der Waals surface area contributed by atoms with Gasteiger partial charge in [-0.1, -0.05) is 39.2 Å². The van der Waals surface area contributed by atoms with E-state index < -0.39 is 10.0 Å². The van der Waals surface area contributed by atoms with Crippen molar-refractivity contribution in [3.8, 4) is 0 Å². The lowest BCUT2D eigenvalue weighted by atomic mass is 9.96. The highest BCUT2D eigenvalue weighted by atomic mass is 32.2. The smallest absolute Gasteiger partial charge is 0.251 e. The summed E-state index contributed by atoms with van der Waals surface area (Å²) in [5, 5.41) is 5.81. The summed E-state index contributed by atoms with van der Waals surface area (Å²) < 4.78 is 27.6. The van der Waals surface area contributed by atoms with Crippen LogP contribution in [0.2, 0.25) is 0 Å². The summed E-state index contributed by atoms with van der Waals surface area (Å²) in [7, 11) is -1.98. The molecule has 1 aliphatic rings. The Morgan fingerprint density at radius 3 is 2.66 bits per heavy atom. The van der Waals surface area contributed by atoms with E-state index in [1.807, 2.05) is 5.38 Å². The van der Waals surface area contributed by atoms with Crippen molar-refractivity contribution in [3.63, 3.8) is 0 Å². The highest BCUT2D eigenvalue weighted by molar-refractivity contribution is 7.89. The first-order valence-electron chi connectivity index (χ1n) is 10.1. The third-order valence-corrected chi connectivity index (χ3v) is 8.46. The van der Waals surface area contributed by atoms with Gasteiger partial charge in [0, 0.05) is 30.0 Å². The van der Waals surface area contributed by atoms with E-state index in [0.29, 0.717) is 18.0 Å². The minimum Gasteiger partial charge on any atom is -0.346 e. The van der Waals surface area contributed by atoms with Crippen molar-refractivity contribution in [2.75, 3.05) is 7.05 Å². The number of sulfonamides is 1. The molecule has 1 aliphatic carbocycles. The number of carbonyl (C=O) groups excluding carboxylic acids is 1. The van der Waals surface area contributed by atoms with E-state index in [9.17, 15) is 13.2 Å². The van der Waals surface area contributed by atoms with E-state index in [2.05, 4.69) is 24.1 Å². The second-order valence-corrected chi connectivity index (χ2v) is 10.7. The maximum Gasteiger partial charge on any atom is 0.251 e. The number of thiazole rings is 1. The van der Waals surface area contributed by atoms with Crippen LogP contribution in [0.1, 0.15) is 72.9 Å². The second-order valence-electron chi connectivity index (χ2n) is 7.86. The van der Waals surface area contributed by atoms with Gasteiger partial charge in [-0.25, -0.2) is 13.4 Å². The highest BCUT2D eigenvalue weighted by Gasteiger charge is 2.29. The zero-order chi connectivity index (χ0) is 21.0. The zero-order valence-corrected chi connectivity index (χ0v) is 18.9. The average molecular weight is 436 g/mol. The van der Waals surface area contributed by atoms with Crippen LogP contribution in [0, 0.1) is 0 Å². The molecule has 1 fully saturated rings. The van der Waals surface area contributed by atoms with E-state index in [1.54, 1.807) is 36.6 Å². The molecule has 0 atom stereocenters. The van der Waals surface area contributed by atoms with Crippen molar-refractivity contribution >= 4 is 27.3 Å². The fourth-order valence-electron chi connectivity index (χ4n) is 3.55. The molecular weight excluding hydrogens is 406 g/mol. The molecule has 1 amide bonds. The number of hydrogen-bond donors (Lipinski definition) is 1. The summed E-state index contributed by atoms with van der Waals surface area (Å²) >= 11 is 1.58. The molecule has 29 heavy (non-hydrogen) atoms. The molecule has 6 nitrogen and oxygen atoms in total. The molecule has 2 aromatic rings. The molecule has 1 N–H and O–H groups in total. The first-order valence-corrected chi connectivity index (χ1v) is 12.4. The third-order valence-electron chi connectivity index (χ3n) is 5.36. The Balaban J connectivity index is 1.69. The summed E-state index contributed by atoms with van der Waals surface area (Å²) in [6, 6.07) is 6.31. The molecule has 0 saturated heterocycles. The van der Waals surface area contributed by atoms with Crippen LogP contribution < -0.4 is 5.32 Å². The van der Waals surface area contributed by atoms with E-state index >= 15 is 0 Å². The van der Waals surface area contributed by atoms with Crippen molar-refractivity contribution in [1.29, 1.82) is 0 Å². The number of nitrogens with zero attached hydrogens (tertiary/aromatic N) is 2. The first-order chi connectivity index (χ1) is 13.8.